The molecule has 0 aliphatic rings. The molecule has 1 aromatic carbocycles. The lowest BCUT2D eigenvalue weighted by molar-refractivity contribution is 0.0309. The fourth-order valence-corrected chi connectivity index (χ4v) is 1.69. The molecule has 112 valence electrons. The van der Waals surface area contributed by atoms with Gasteiger partial charge >= 0.3 is 7.12 Å². The maximum Gasteiger partial charge on any atom is 0.488 e. The third kappa shape index (κ3) is 5.92. The summed E-state index contributed by atoms with van der Waals surface area (Å²) in [6.07, 6.45) is 0. The van der Waals surface area contributed by atoms with Gasteiger partial charge in [-0.15, -0.1) is 0 Å². The maximum atomic E-state index is 9.16. The number of benzene rings is 1. The first kappa shape index (κ1) is 17.0. The highest BCUT2D eigenvalue weighted by Crippen LogP contribution is 2.17. The van der Waals surface area contributed by atoms with Gasteiger partial charge in [0.25, 0.3) is 0 Å². The van der Waals surface area contributed by atoms with Crippen molar-refractivity contribution in [1.29, 1.82) is 0 Å². The van der Waals surface area contributed by atoms with Gasteiger partial charge in [-0.2, -0.15) is 0 Å². The molecule has 0 bridgehead atoms. The quantitative estimate of drug-likeness (QED) is 0.512. The zero-order chi connectivity index (χ0) is 15.0. The first-order chi connectivity index (χ1) is 9.54. The average Bonchev–Trinajstić information content (AvgIpc) is 2.42. The molecule has 6 heteroatoms. The van der Waals surface area contributed by atoms with Crippen LogP contribution >= 0.6 is 0 Å². The molecule has 0 heterocycles. The van der Waals surface area contributed by atoms with E-state index < -0.39 is 7.12 Å². The summed E-state index contributed by atoms with van der Waals surface area (Å²) in [4.78, 5) is 0. The topological polar surface area (TPSA) is 68.2 Å². The van der Waals surface area contributed by atoms with Crippen molar-refractivity contribution in [1.82, 2.24) is 0 Å². The van der Waals surface area contributed by atoms with Crippen molar-refractivity contribution in [2.24, 2.45) is 5.92 Å². The fourth-order valence-electron chi connectivity index (χ4n) is 1.69. The molecule has 0 saturated carbocycles. The van der Waals surface area contributed by atoms with Gasteiger partial charge in [0.15, 0.2) is 0 Å². The number of ether oxygens (including phenoxy) is 3. The predicted octanol–water partition coefficient (Wildman–Crippen LogP) is 0.564. The van der Waals surface area contributed by atoms with Crippen LogP contribution in [0.5, 0.6) is 5.75 Å². The van der Waals surface area contributed by atoms with Gasteiger partial charge in [-0.25, -0.2) is 0 Å². The highest BCUT2D eigenvalue weighted by atomic mass is 16.5. The summed E-state index contributed by atoms with van der Waals surface area (Å²) in [5.41, 5.74) is 1.20. The molecule has 0 aliphatic heterocycles. The molecule has 5 nitrogen and oxygen atoms in total. The van der Waals surface area contributed by atoms with Crippen LogP contribution < -0.4 is 10.2 Å². The van der Waals surface area contributed by atoms with Crippen LogP contribution in [-0.4, -0.2) is 44.1 Å². The van der Waals surface area contributed by atoms with Crippen molar-refractivity contribution in [3.8, 4) is 5.75 Å². The summed E-state index contributed by atoms with van der Waals surface area (Å²) in [7, 11) is 0.0774. The first-order valence-electron chi connectivity index (χ1n) is 6.73. The Bertz CT molecular complexity index is 395. The zero-order valence-corrected chi connectivity index (χ0v) is 12.3. The minimum atomic E-state index is -1.49. The molecule has 0 aliphatic carbocycles. The van der Waals surface area contributed by atoms with Gasteiger partial charge in [0.2, 0.25) is 0 Å². The van der Waals surface area contributed by atoms with E-state index in [4.69, 9.17) is 24.3 Å². The van der Waals surface area contributed by atoms with Crippen LogP contribution in [0.3, 0.4) is 0 Å². The largest absolute Gasteiger partial charge is 0.496 e. The normalized spacial score (nSPS) is 10.9. The highest BCUT2D eigenvalue weighted by Gasteiger charge is 2.13. The number of hydrogen-bond donors (Lipinski definition) is 2. The van der Waals surface area contributed by atoms with Crippen LogP contribution in [0.1, 0.15) is 19.4 Å². The minimum Gasteiger partial charge on any atom is -0.496 e. The minimum absolute atomic E-state index is 0.342. The summed E-state index contributed by atoms with van der Waals surface area (Å²) < 4.78 is 16.1. The zero-order valence-electron chi connectivity index (χ0n) is 12.3. The Morgan fingerprint density at radius 1 is 1.15 bits per heavy atom. The number of rotatable bonds is 9. The summed E-state index contributed by atoms with van der Waals surface area (Å²) in [6.45, 7) is 6.28. The lowest BCUT2D eigenvalue weighted by Crippen LogP contribution is -2.30. The fraction of sp³-hybridized carbons (Fsp3) is 0.571. The van der Waals surface area contributed by atoms with Crippen molar-refractivity contribution in [3.05, 3.63) is 23.8 Å². The Kier molecular flexibility index (Phi) is 7.61. The van der Waals surface area contributed by atoms with E-state index in [1.165, 1.54) is 0 Å². The van der Waals surface area contributed by atoms with Crippen molar-refractivity contribution in [2.45, 2.75) is 20.5 Å². The molecule has 0 radical (unpaired) electrons. The van der Waals surface area contributed by atoms with Gasteiger partial charge in [-0.3, -0.25) is 0 Å². The molecule has 1 rings (SSSR count). The van der Waals surface area contributed by atoms with Crippen LogP contribution in [0.4, 0.5) is 0 Å². The van der Waals surface area contributed by atoms with Gasteiger partial charge in [-0.1, -0.05) is 26.0 Å². The van der Waals surface area contributed by atoms with Gasteiger partial charge in [0, 0.05) is 12.2 Å². The Balaban J connectivity index is 2.43. The molecule has 2 N–H and O–H groups in total. The van der Waals surface area contributed by atoms with Crippen molar-refractivity contribution >= 4 is 12.6 Å². The van der Waals surface area contributed by atoms with Gasteiger partial charge in [0.05, 0.1) is 26.9 Å². The van der Waals surface area contributed by atoms with Gasteiger partial charge in [-0.05, 0) is 17.4 Å². The van der Waals surface area contributed by atoms with Crippen molar-refractivity contribution in [2.75, 3.05) is 26.9 Å². The third-order valence-corrected chi connectivity index (χ3v) is 2.68. The van der Waals surface area contributed by atoms with E-state index in [0.717, 1.165) is 12.2 Å². The highest BCUT2D eigenvalue weighted by molar-refractivity contribution is 6.58. The molecule has 1 aromatic rings. The van der Waals surface area contributed by atoms with Crippen LogP contribution in [0.25, 0.3) is 0 Å². The lowest BCUT2D eigenvalue weighted by Gasteiger charge is -2.12. The Hall–Kier alpha value is -1.08. The molecule has 0 fully saturated rings. The van der Waals surface area contributed by atoms with Crippen LogP contribution in [0.15, 0.2) is 18.2 Å². The molecule has 0 spiro atoms. The van der Waals surface area contributed by atoms with Crippen LogP contribution in [-0.2, 0) is 16.1 Å². The SMILES string of the molecule is COc1ccc(B(O)O)cc1COCCOCC(C)C. The molecule has 0 unspecified atom stereocenters. The number of methoxy groups -OCH3 is 1. The predicted molar refractivity (Wildman–Crippen MR) is 78.1 cm³/mol. The Labute approximate surface area is 120 Å². The smallest absolute Gasteiger partial charge is 0.488 e. The Morgan fingerprint density at radius 3 is 2.45 bits per heavy atom. The second kappa shape index (κ2) is 8.97. The van der Waals surface area contributed by atoms with Crippen molar-refractivity contribution < 1.29 is 24.3 Å². The molecular formula is C14H23BO5. The Morgan fingerprint density at radius 2 is 1.85 bits per heavy atom. The van der Waals surface area contributed by atoms with Gasteiger partial charge < -0.3 is 24.3 Å². The van der Waals surface area contributed by atoms with E-state index >= 15 is 0 Å². The maximum absolute atomic E-state index is 9.16. The van der Waals surface area contributed by atoms with Gasteiger partial charge in [0.1, 0.15) is 5.75 Å². The van der Waals surface area contributed by atoms with E-state index in [2.05, 4.69) is 13.8 Å². The van der Waals surface area contributed by atoms with E-state index in [1.54, 1.807) is 25.3 Å². The van der Waals surface area contributed by atoms with E-state index in [9.17, 15) is 0 Å². The second-order valence-corrected chi connectivity index (χ2v) is 4.97. The summed E-state index contributed by atoms with van der Waals surface area (Å²) in [6, 6.07) is 4.97. The molecule has 0 atom stereocenters. The molecule has 20 heavy (non-hydrogen) atoms. The van der Waals surface area contributed by atoms with E-state index in [-0.39, 0.29) is 0 Å². The van der Waals surface area contributed by atoms with Crippen LogP contribution in [0.2, 0.25) is 0 Å². The van der Waals surface area contributed by atoms with E-state index in [0.29, 0.717) is 37.0 Å². The monoisotopic (exact) mass is 282 g/mol. The van der Waals surface area contributed by atoms with E-state index in [1.807, 2.05) is 0 Å². The molecular weight excluding hydrogens is 259 g/mol. The summed E-state index contributed by atoms with van der Waals surface area (Å²) in [5.74, 6) is 1.18. The van der Waals surface area contributed by atoms with Crippen molar-refractivity contribution in [3.63, 3.8) is 0 Å². The standard InChI is InChI=1S/C14H23BO5/c1-11(2)9-19-6-7-20-10-12-8-13(15(16)17)4-5-14(12)18-3/h4-5,8,11,16-17H,6-7,9-10H2,1-3H3. The second-order valence-electron chi connectivity index (χ2n) is 4.97. The molecule has 0 amide bonds. The number of hydrogen-bond acceptors (Lipinski definition) is 5. The average molecular weight is 282 g/mol. The lowest BCUT2D eigenvalue weighted by atomic mass is 9.79. The summed E-state index contributed by atoms with van der Waals surface area (Å²) in [5, 5.41) is 18.3. The van der Waals surface area contributed by atoms with Crippen LogP contribution in [0, 0.1) is 5.92 Å². The first-order valence-corrected chi connectivity index (χ1v) is 6.73. The molecule has 0 saturated heterocycles. The third-order valence-electron chi connectivity index (χ3n) is 2.68. The molecule has 0 aromatic heterocycles. The summed E-state index contributed by atoms with van der Waals surface area (Å²) >= 11 is 0.